The van der Waals surface area contributed by atoms with Crippen LogP contribution >= 0.6 is 12.2 Å². The maximum atomic E-state index is 5.78. The highest BCUT2D eigenvalue weighted by Gasteiger charge is 2.13. The van der Waals surface area contributed by atoms with Crippen molar-refractivity contribution in [3.05, 3.63) is 47.4 Å². The van der Waals surface area contributed by atoms with E-state index < -0.39 is 0 Å². The molecular weight excluding hydrogens is 272 g/mol. The van der Waals surface area contributed by atoms with Crippen molar-refractivity contribution in [3.63, 3.8) is 0 Å². The summed E-state index contributed by atoms with van der Waals surface area (Å²) in [5, 5.41) is 0. The maximum absolute atomic E-state index is 5.78. The smallest absolute Gasteiger partial charge is 0.123 e. The van der Waals surface area contributed by atoms with Crippen LogP contribution in [0.2, 0.25) is 0 Å². The number of hydrogen-bond acceptors (Lipinski definition) is 4. The molecule has 0 saturated heterocycles. The van der Waals surface area contributed by atoms with Gasteiger partial charge >= 0.3 is 0 Å². The van der Waals surface area contributed by atoms with E-state index in [0.29, 0.717) is 11.5 Å². The zero-order valence-electron chi connectivity index (χ0n) is 11.8. The Morgan fingerprint density at radius 2 is 2.10 bits per heavy atom. The van der Waals surface area contributed by atoms with Crippen molar-refractivity contribution >= 4 is 22.9 Å². The lowest BCUT2D eigenvalue weighted by molar-refractivity contribution is 0.414. The van der Waals surface area contributed by atoms with Crippen molar-refractivity contribution < 1.29 is 9.15 Å². The molecule has 0 unspecified atom stereocenters. The SMILES string of the molecule is COc1ccc(C(N)=S)c(N(C)Cc2ccc(C)o2)c1. The Morgan fingerprint density at radius 1 is 1.35 bits per heavy atom. The third-order valence-electron chi connectivity index (χ3n) is 3.07. The van der Waals surface area contributed by atoms with Gasteiger partial charge in [0.2, 0.25) is 0 Å². The first-order valence-electron chi connectivity index (χ1n) is 6.25. The lowest BCUT2D eigenvalue weighted by atomic mass is 10.1. The number of nitrogens with zero attached hydrogens (tertiary/aromatic N) is 1. The van der Waals surface area contributed by atoms with E-state index in [1.807, 2.05) is 49.2 Å². The average Bonchev–Trinajstić information content (AvgIpc) is 2.83. The van der Waals surface area contributed by atoms with E-state index in [1.165, 1.54) is 0 Å². The average molecular weight is 290 g/mol. The van der Waals surface area contributed by atoms with Crippen molar-refractivity contribution in [1.29, 1.82) is 0 Å². The molecule has 1 aromatic heterocycles. The normalized spacial score (nSPS) is 10.3. The molecule has 0 saturated carbocycles. The molecule has 0 spiro atoms. The van der Waals surface area contributed by atoms with Crippen molar-refractivity contribution in [2.45, 2.75) is 13.5 Å². The highest BCUT2D eigenvalue weighted by Crippen LogP contribution is 2.27. The molecule has 0 aliphatic heterocycles. The van der Waals surface area contributed by atoms with E-state index in [9.17, 15) is 0 Å². The standard InChI is InChI=1S/C15H18N2O2S/c1-10-4-5-12(19-10)9-17(2)14-8-11(18-3)6-7-13(14)15(16)20/h4-8H,9H2,1-3H3,(H2,16,20). The number of benzene rings is 1. The molecule has 0 fully saturated rings. The second-order valence-corrected chi connectivity index (χ2v) is 5.06. The monoisotopic (exact) mass is 290 g/mol. The van der Waals surface area contributed by atoms with Crippen LogP contribution in [0.5, 0.6) is 5.75 Å². The number of rotatable bonds is 5. The van der Waals surface area contributed by atoms with Gasteiger partial charge < -0.3 is 19.8 Å². The van der Waals surface area contributed by atoms with E-state index in [-0.39, 0.29) is 0 Å². The second kappa shape index (κ2) is 5.96. The Morgan fingerprint density at radius 3 is 2.65 bits per heavy atom. The van der Waals surface area contributed by atoms with Crippen LogP contribution in [0.1, 0.15) is 17.1 Å². The van der Waals surface area contributed by atoms with Gasteiger partial charge in [-0.05, 0) is 31.2 Å². The van der Waals surface area contributed by atoms with Crippen molar-refractivity contribution in [3.8, 4) is 5.75 Å². The van der Waals surface area contributed by atoms with Gasteiger partial charge in [-0.25, -0.2) is 0 Å². The van der Waals surface area contributed by atoms with Crippen LogP contribution in [0.3, 0.4) is 0 Å². The third-order valence-corrected chi connectivity index (χ3v) is 3.29. The van der Waals surface area contributed by atoms with Crippen LogP contribution in [-0.4, -0.2) is 19.1 Å². The Labute approximate surface area is 124 Å². The van der Waals surface area contributed by atoms with Gasteiger partial charge in [0, 0.05) is 18.7 Å². The summed E-state index contributed by atoms with van der Waals surface area (Å²) in [7, 11) is 3.60. The molecule has 106 valence electrons. The van der Waals surface area contributed by atoms with Gasteiger partial charge in [0.25, 0.3) is 0 Å². The number of aryl methyl sites for hydroxylation is 1. The molecule has 2 aromatic rings. The fraction of sp³-hybridized carbons (Fsp3) is 0.267. The van der Waals surface area contributed by atoms with Crippen molar-refractivity contribution in [1.82, 2.24) is 0 Å². The Bertz CT molecular complexity index is 622. The molecule has 4 nitrogen and oxygen atoms in total. The topological polar surface area (TPSA) is 51.6 Å². The first-order chi connectivity index (χ1) is 9.51. The zero-order valence-corrected chi connectivity index (χ0v) is 12.7. The number of anilines is 1. The molecule has 1 aromatic carbocycles. The number of hydrogen-bond donors (Lipinski definition) is 1. The fourth-order valence-corrected chi connectivity index (χ4v) is 2.22. The number of thiocarbonyl (C=S) groups is 1. The molecule has 0 aliphatic carbocycles. The van der Waals surface area contributed by atoms with Crippen LogP contribution in [0.25, 0.3) is 0 Å². The zero-order chi connectivity index (χ0) is 14.7. The number of methoxy groups -OCH3 is 1. The van der Waals surface area contributed by atoms with E-state index in [1.54, 1.807) is 7.11 Å². The van der Waals surface area contributed by atoms with Crippen LogP contribution in [0.15, 0.2) is 34.7 Å². The van der Waals surface area contributed by atoms with E-state index in [2.05, 4.69) is 0 Å². The summed E-state index contributed by atoms with van der Waals surface area (Å²) in [5.74, 6) is 2.55. The molecule has 0 amide bonds. The summed E-state index contributed by atoms with van der Waals surface area (Å²) in [6.45, 7) is 2.56. The molecule has 0 atom stereocenters. The predicted molar refractivity (Wildman–Crippen MR) is 84.4 cm³/mol. The van der Waals surface area contributed by atoms with E-state index in [4.69, 9.17) is 27.1 Å². The van der Waals surface area contributed by atoms with Gasteiger partial charge in [-0.3, -0.25) is 0 Å². The predicted octanol–water partition coefficient (Wildman–Crippen LogP) is 2.87. The first-order valence-corrected chi connectivity index (χ1v) is 6.66. The maximum Gasteiger partial charge on any atom is 0.123 e. The molecule has 0 bridgehead atoms. The minimum absolute atomic E-state index is 0.366. The van der Waals surface area contributed by atoms with E-state index in [0.717, 1.165) is 28.5 Å². The van der Waals surface area contributed by atoms with E-state index >= 15 is 0 Å². The van der Waals surface area contributed by atoms with Crippen LogP contribution in [-0.2, 0) is 6.54 Å². The minimum Gasteiger partial charge on any atom is -0.497 e. The minimum atomic E-state index is 0.366. The van der Waals surface area contributed by atoms with Gasteiger partial charge in [-0.2, -0.15) is 0 Å². The number of nitrogens with two attached hydrogens (primary N) is 1. The van der Waals surface area contributed by atoms with Gasteiger partial charge in [0.05, 0.1) is 19.3 Å². The van der Waals surface area contributed by atoms with Crippen LogP contribution < -0.4 is 15.4 Å². The summed E-state index contributed by atoms with van der Waals surface area (Å²) in [6, 6.07) is 9.56. The van der Waals surface area contributed by atoms with Gasteiger partial charge in [0.1, 0.15) is 22.3 Å². The Kier molecular flexibility index (Phi) is 4.29. The molecular formula is C15H18N2O2S. The molecule has 20 heavy (non-hydrogen) atoms. The Hall–Kier alpha value is -2.01. The molecule has 0 radical (unpaired) electrons. The van der Waals surface area contributed by atoms with Crippen molar-refractivity contribution in [2.75, 3.05) is 19.1 Å². The summed E-state index contributed by atoms with van der Waals surface area (Å²) >= 11 is 5.10. The first kappa shape index (κ1) is 14.4. The summed E-state index contributed by atoms with van der Waals surface area (Å²) in [4.78, 5) is 2.40. The summed E-state index contributed by atoms with van der Waals surface area (Å²) in [6.07, 6.45) is 0. The lowest BCUT2D eigenvalue weighted by Crippen LogP contribution is -2.21. The van der Waals surface area contributed by atoms with Gasteiger partial charge in [-0.15, -0.1) is 0 Å². The fourth-order valence-electron chi connectivity index (χ4n) is 2.05. The Balaban J connectivity index is 2.31. The number of furan rings is 1. The molecule has 0 aliphatic rings. The molecule has 2 rings (SSSR count). The molecule has 2 N–H and O–H groups in total. The quantitative estimate of drug-likeness (QED) is 0.858. The molecule has 5 heteroatoms. The van der Waals surface area contributed by atoms with Crippen molar-refractivity contribution in [2.24, 2.45) is 5.73 Å². The summed E-state index contributed by atoms with van der Waals surface area (Å²) in [5.41, 5.74) is 7.53. The molecule has 1 heterocycles. The van der Waals surface area contributed by atoms with Gasteiger partial charge in [-0.1, -0.05) is 12.2 Å². The van der Waals surface area contributed by atoms with Gasteiger partial charge in [0.15, 0.2) is 0 Å². The highest BCUT2D eigenvalue weighted by molar-refractivity contribution is 7.80. The largest absolute Gasteiger partial charge is 0.497 e. The number of ether oxygens (including phenoxy) is 1. The summed E-state index contributed by atoms with van der Waals surface area (Å²) < 4.78 is 10.9. The second-order valence-electron chi connectivity index (χ2n) is 4.62. The van der Waals surface area contributed by atoms with Crippen LogP contribution in [0.4, 0.5) is 5.69 Å². The third kappa shape index (κ3) is 3.11. The van der Waals surface area contributed by atoms with Crippen LogP contribution in [0, 0.1) is 6.92 Å². The lowest BCUT2D eigenvalue weighted by Gasteiger charge is -2.21. The highest BCUT2D eigenvalue weighted by atomic mass is 32.1.